The van der Waals surface area contributed by atoms with Crippen LogP contribution in [-0.2, 0) is 11.3 Å². The third kappa shape index (κ3) is 3.86. The third-order valence-corrected chi connectivity index (χ3v) is 5.67. The van der Waals surface area contributed by atoms with Crippen LogP contribution in [0.3, 0.4) is 0 Å². The van der Waals surface area contributed by atoms with Crippen molar-refractivity contribution in [1.29, 1.82) is 0 Å². The van der Waals surface area contributed by atoms with E-state index < -0.39 is 5.91 Å². The molecule has 2 aromatic rings. The molecule has 0 unspecified atom stereocenters. The summed E-state index contributed by atoms with van der Waals surface area (Å²) in [5.41, 5.74) is 1.29. The van der Waals surface area contributed by atoms with Gasteiger partial charge in [-0.25, -0.2) is 0 Å². The molecule has 0 atom stereocenters. The van der Waals surface area contributed by atoms with E-state index in [1.807, 2.05) is 0 Å². The molecule has 0 N–H and O–H groups in total. The van der Waals surface area contributed by atoms with Crippen molar-refractivity contribution < 1.29 is 28.5 Å². The fraction of sp³-hybridized carbons (Fsp3) is 0.200. The number of ether oxygens (including phenoxy) is 4. The Hall–Kier alpha value is -2.84. The summed E-state index contributed by atoms with van der Waals surface area (Å²) in [5.74, 6) is 1.86. The monoisotopic (exact) mass is 433 g/mol. The summed E-state index contributed by atoms with van der Waals surface area (Å²) in [6.45, 7) is 0.155. The van der Waals surface area contributed by atoms with Crippen LogP contribution in [0.2, 0.25) is 5.02 Å². The highest BCUT2D eigenvalue weighted by Gasteiger charge is 2.35. The second-order valence-corrected chi connectivity index (χ2v) is 7.61. The van der Waals surface area contributed by atoms with Crippen molar-refractivity contribution in [2.24, 2.45) is 0 Å². The Balaban J connectivity index is 1.59. The van der Waals surface area contributed by atoms with Crippen molar-refractivity contribution in [1.82, 2.24) is 4.90 Å². The molecule has 7 nitrogen and oxygen atoms in total. The van der Waals surface area contributed by atoms with E-state index in [-0.39, 0.29) is 18.6 Å². The number of halogens is 1. The van der Waals surface area contributed by atoms with Crippen LogP contribution in [0.5, 0.6) is 23.0 Å². The summed E-state index contributed by atoms with van der Waals surface area (Å²) < 4.78 is 21.1. The number of hydrogen-bond acceptors (Lipinski definition) is 7. The van der Waals surface area contributed by atoms with Crippen molar-refractivity contribution in [3.63, 3.8) is 0 Å². The van der Waals surface area contributed by atoms with Gasteiger partial charge in [0.15, 0.2) is 11.5 Å². The molecule has 0 bridgehead atoms. The first-order valence-corrected chi connectivity index (χ1v) is 9.74. The van der Waals surface area contributed by atoms with Crippen LogP contribution in [0, 0.1) is 0 Å². The van der Waals surface area contributed by atoms with Gasteiger partial charge < -0.3 is 18.9 Å². The number of rotatable bonds is 5. The highest BCUT2D eigenvalue weighted by Crippen LogP contribution is 2.39. The molecule has 150 valence electrons. The van der Waals surface area contributed by atoms with E-state index in [2.05, 4.69) is 0 Å². The molecular formula is C20H16ClNO6S. The highest BCUT2D eigenvalue weighted by molar-refractivity contribution is 8.18. The second kappa shape index (κ2) is 7.88. The maximum atomic E-state index is 12.8. The Morgan fingerprint density at radius 3 is 2.38 bits per heavy atom. The maximum Gasteiger partial charge on any atom is 0.293 e. The van der Waals surface area contributed by atoms with E-state index in [0.717, 1.165) is 16.7 Å². The first-order chi connectivity index (χ1) is 14.0. The number of methoxy groups -OCH3 is 2. The normalized spacial score (nSPS) is 16.7. The molecule has 2 aliphatic rings. The molecule has 2 aliphatic heterocycles. The molecule has 0 saturated carbocycles. The van der Waals surface area contributed by atoms with Crippen LogP contribution in [-0.4, -0.2) is 37.1 Å². The lowest BCUT2D eigenvalue weighted by atomic mass is 10.1. The summed E-state index contributed by atoms with van der Waals surface area (Å²) in [5, 5.41) is 0.0275. The van der Waals surface area contributed by atoms with Crippen LogP contribution in [0.1, 0.15) is 11.1 Å². The molecule has 1 fully saturated rings. The number of thioether (sulfide) groups is 1. The van der Waals surface area contributed by atoms with E-state index >= 15 is 0 Å². The van der Waals surface area contributed by atoms with Gasteiger partial charge in [-0.05, 0) is 47.2 Å². The topological polar surface area (TPSA) is 74.3 Å². The molecule has 0 radical (unpaired) electrons. The molecule has 29 heavy (non-hydrogen) atoms. The molecule has 0 aliphatic carbocycles. The van der Waals surface area contributed by atoms with Crippen molar-refractivity contribution in [3.8, 4) is 23.0 Å². The smallest absolute Gasteiger partial charge is 0.293 e. The SMILES string of the molecule is COc1cc(/C=C2/SC(=O)N(Cc3cc4c(cc3Cl)OCO4)C2=O)cc(OC)c1. The predicted molar refractivity (Wildman–Crippen MR) is 109 cm³/mol. The lowest BCUT2D eigenvalue weighted by Gasteiger charge is -2.14. The zero-order valence-electron chi connectivity index (χ0n) is 15.6. The first-order valence-electron chi connectivity index (χ1n) is 8.55. The lowest BCUT2D eigenvalue weighted by molar-refractivity contribution is -0.123. The number of carbonyl (C=O) groups excluding carboxylic acids is 2. The van der Waals surface area contributed by atoms with Crippen molar-refractivity contribution in [3.05, 3.63) is 51.4 Å². The standard InChI is InChI=1S/C20H16ClNO6S/c1-25-13-3-11(4-14(7-13)26-2)5-18-19(23)22(20(24)29-18)9-12-6-16-17(8-15(12)21)28-10-27-16/h3-8H,9-10H2,1-2H3/b18-5+. The molecule has 9 heteroatoms. The van der Waals surface area contributed by atoms with Crippen LogP contribution >= 0.6 is 23.4 Å². The van der Waals surface area contributed by atoms with E-state index in [1.165, 1.54) is 0 Å². The summed E-state index contributed by atoms with van der Waals surface area (Å²) in [7, 11) is 3.09. The summed E-state index contributed by atoms with van der Waals surface area (Å²) in [4.78, 5) is 26.8. The van der Waals surface area contributed by atoms with Gasteiger partial charge in [0.2, 0.25) is 6.79 Å². The second-order valence-electron chi connectivity index (χ2n) is 6.21. The number of imide groups is 1. The van der Waals surface area contributed by atoms with Crippen molar-refractivity contribution in [2.45, 2.75) is 6.54 Å². The van der Waals surface area contributed by atoms with Gasteiger partial charge in [-0.3, -0.25) is 14.5 Å². The van der Waals surface area contributed by atoms with Gasteiger partial charge in [0.05, 0.1) is 25.7 Å². The Kier molecular flexibility index (Phi) is 5.29. The van der Waals surface area contributed by atoms with Gasteiger partial charge in [0.1, 0.15) is 11.5 Å². The summed E-state index contributed by atoms with van der Waals surface area (Å²) in [6.07, 6.45) is 1.64. The number of hydrogen-bond donors (Lipinski definition) is 0. The molecule has 0 spiro atoms. The molecule has 2 amide bonds. The van der Waals surface area contributed by atoms with Crippen molar-refractivity contribution >= 4 is 40.6 Å². The Bertz CT molecular complexity index is 1020. The number of carbonyl (C=O) groups is 2. The van der Waals surface area contributed by atoms with Gasteiger partial charge >= 0.3 is 0 Å². The van der Waals surface area contributed by atoms with E-state index in [0.29, 0.717) is 44.1 Å². The van der Waals surface area contributed by atoms with Gasteiger partial charge in [0.25, 0.3) is 11.1 Å². The molecular weight excluding hydrogens is 418 g/mol. The van der Waals surface area contributed by atoms with Gasteiger partial charge in [0, 0.05) is 17.2 Å². The van der Waals surface area contributed by atoms with Gasteiger partial charge in [-0.1, -0.05) is 11.6 Å². The summed E-state index contributed by atoms with van der Waals surface area (Å²) in [6, 6.07) is 8.54. The Morgan fingerprint density at radius 1 is 1.07 bits per heavy atom. The zero-order valence-corrected chi connectivity index (χ0v) is 17.1. The number of amides is 2. The fourth-order valence-corrected chi connectivity index (χ4v) is 4.00. The number of benzene rings is 2. The van der Waals surface area contributed by atoms with Crippen LogP contribution < -0.4 is 18.9 Å². The van der Waals surface area contributed by atoms with Gasteiger partial charge in [-0.2, -0.15) is 0 Å². The molecule has 2 aromatic carbocycles. The average molecular weight is 434 g/mol. The van der Waals surface area contributed by atoms with Crippen LogP contribution in [0.4, 0.5) is 4.79 Å². The fourth-order valence-electron chi connectivity index (χ4n) is 2.95. The minimum absolute atomic E-state index is 0.0406. The molecule has 2 heterocycles. The quantitative estimate of drug-likeness (QED) is 0.650. The van der Waals surface area contributed by atoms with Crippen LogP contribution in [0.25, 0.3) is 6.08 Å². The minimum atomic E-state index is -0.393. The molecule has 1 saturated heterocycles. The number of nitrogens with zero attached hydrogens (tertiary/aromatic N) is 1. The third-order valence-electron chi connectivity index (χ3n) is 4.42. The van der Waals surface area contributed by atoms with Gasteiger partial charge in [-0.15, -0.1) is 0 Å². The Labute approximate surface area is 176 Å². The van der Waals surface area contributed by atoms with E-state index in [1.54, 1.807) is 50.6 Å². The minimum Gasteiger partial charge on any atom is -0.497 e. The Morgan fingerprint density at radius 2 is 1.72 bits per heavy atom. The molecule has 4 rings (SSSR count). The summed E-state index contributed by atoms with van der Waals surface area (Å²) >= 11 is 7.15. The maximum absolute atomic E-state index is 12.8. The molecule has 0 aromatic heterocycles. The first kappa shape index (κ1) is 19.5. The van der Waals surface area contributed by atoms with E-state index in [4.69, 9.17) is 30.5 Å². The lowest BCUT2D eigenvalue weighted by Crippen LogP contribution is -2.27. The number of fused-ring (bicyclic) bond motifs is 1. The average Bonchev–Trinajstić information content (AvgIpc) is 3.26. The van der Waals surface area contributed by atoms with Crippen molar-refractivity contribution in [2.75, 3.05) is 21.0 Å². The predicted octanol–water partition coefficient (Wildman–Crippen LogP) is 4.32. The van der Waals surface area contributed by atoms with Crippen LogP contribution in [0.15, 0.2) is 35.2 Å². The van der Waals surface area contributed by atoms with E-state index in [9.17, 15) is 9.59 Å². The largest absolute Gasteiger partial charge is 0.497 e. The highest BCUT2D eigenvalue weighted by atomic mass is 35.5. The zero-order chi connectivity index (χ0) is 20.5.